The Bertz CT molecular complexity index is 573. The van der Waals surface area contributed by atoms with Gasteiger partial charge >= 0.3 is 0 Å². The Morgan fingerprint density at radius 1 is 0.708 bits per heavy atom. The van der Waals surface area contributed by atoms with E-state index in [1.807, 2.05) is 24.5 Å². The molecule has 2 aliphatic heterocycles. The highest BCUT2D eigenvalue weighted by atomic mass is 15.1. The Morgan fingerprint density at radius 3 is 1.62 bits per heavy atom. The van der Waals surface area contributed by atoms with Crippen molar-refractivity contribution in [2.24, 2.45) is 0 Å². The van der Waals surface area contributed by atoms with Crippen LogP contribution in [0, 0.1) is 0 Å². The minimum Gasteiger partial charge on any atom is -0.309 e. The first-order valence-electron chi connectivity index (χ1n) is 9.19. The lowest BCUT2D eigenvalue weighted by Gasteiger charge is -2.22. The van der Waals surface area contributed by atoms with Crippen LogP contribution in [0.3, 0.4) is 0 Å². The molecule has 2 aromatic rings. The Morgan fingerprint density at radius 2 is 1.21 bits per heavy atom. The van der Waals surface area contributed by atoms with Crippen molar-refractivity contribution < 1.29 is 0 Å². The van der Waals surface area contributed by atoms with Crippen molar-refractivity contribution in [3.63, 3.8) is 0 Å². The maximum Gasteiger partial charge on any atom is 0.0419 e. The van der Waals surface area contributed by atoms with E-state index in [4.69, 9.17) is 0 Å². The molecule has 126 valence electrons. The average Bonchev–Trinajstić information content (AvgIpc) is 3.26. The molecule has 0 spiro atoms. The smallest absolute Gasteiger partial charge is 0.0419 e. The Labute approximate surface area is 144 Å². The van der Waals surface area contributed by atoms with Crippen LogP contribution in [0.2, 0.25) is 0 Å². The van der Waals surface area contributed by atoms with Gasteiger partial charge in [-0.2, -0.15) is 0 Å². The predicted octanol–water partition coefficient (Wildman–Crippen LogP) is 2.50. The predicted molar refractivity (Wildman–Crippen MR) is 95.8 cm³/mol. The Hall–Kier alpha value is -1.78. The molecule has 0 bridgehead atoms. The molecule has 4 nitrogen and oxygen atoms in total. The fourth-order valence-electron chi connectivity index (χ4n) is 4.20. The molecule has 0 radical (unpaired) electrons. The molecule has 2 saturated heterocycles. The Kier molecular flexibility index (Phi) is 4.86. The molecule has 2 aromatic heterocycles. The molecule has 0 aromatic carbocycles. The van der Waals surface area contributed by atoms with E-state index in [1.54, 1.807) is 0 Å². The molecule has 4 heterocycles. The van der Waals surface area contributed by atoms with Crippen LogP contribution >= 0.6 is 0 Å². The first kappa shape index (κ1) is 15.7. The van der Waals surface area contributed by atoms with Crippen LogP contribution in [-0.4, -0.2) is 34.1 Å². The number of nitrogens with zero attached hydrogens (tertiary/aromatic N) is 2. The molecule has 2 unspecified atom stereocenters. The summed E-state index contributed by atoms with van der Waals surface area (Å²) in [4.78, 5) is 8.92. The van der Waals surface area contributed by atoms with Crippen molar-refractivity contribution in [2.75, 3.05) is 0 Å². The van der Waals surface area contributed by atoms with Crippen molar-refractivity contribution in [1.82, 2.24) is 20.6 Å². The van der Waals surface area contributed by atoms with Gasteiger partial charge in [0.1, 0.15) is 0 Å². The van der Waals surface area contributed by atoms with Crippen LogP contribution in [0.25, 0.3) is 0 Å². The van der Waals surface area contributed by atoms with Crippen molar-refractivity contribution >= 4 is 0 Å². The summed E-state index contributed by atoms with van der Waals surface area (Å²) in [5.74, 6) is 0. The van der Waals surface area contributed by atoms with E-state index in [9.17, 15) is 0 Å². The molecular formula is C20H26N4. The first-order valence-corrected chi connectivity index (χ1v) is 9.19. The summed E-state index contributed by atoms with van der Waals surface area (Å²) in [5.41, 5.74) is 2.39. The van der Waals surface area contributed by atoms with Gasteiger partial charge in [-0.25, -0.2) is 0 Å². The second-order valence-electron chi connectivity index (χ2n) is 7.15. The lowest BCUT2D eigenvalue weighted by molar-refractivity contribution is 0.410. The fourth-order valence-corrected chi connectivity index (χ4v) is 4.20. The average molecular weight is 322 g/mol. The van der Waals surface area contributed by atoms with Crippen LogP contribution in [0.1, 0.15) is 37.1 Å². The van der Waals surface area contributed by atoms with Gasteiger partial charge in [0.25, 0.3) is 0 Å². The van der Waals surface area contributed by atoms with Crippen LogP contribution in [-0.2, 0) is 12.8 Å². The number of pyridine rings is 2. The lowest BCUT2D eigenvalue weighted by atomic mass is 10.0. The highest BCUT2D eigenvalue weighted by Gasteiger charge is 2.34. The van der Waals surface area contributed by atoms with E-state index >= 15 is 0 Å². The molecule has 2 fully saturated rings. The third-order valence-electron chi connectivity index (χ3n) is 5.40. The molecule has 4 atom stereocenters. The standard InChI is InChI=1S/C20H26N4/c1-3-11-21-15(5-1)13-17-7-9-19(23-17)20-10-8-18(24-20)14-16-6-2-4-12-22-16/h1-6,11-12,17-20,23-24H,7-10,13-14H2/t17?,18?,19-,20-/m0/s1. The number of hydrogen-bond donors (Lipinski definition) is 2. The van der Waals surface area contributed by atoms with Gasteiger partial charge in [-0.3, -0.25) is 9.97 Å². The van der Waals surface area contributed by atoms with Crippen molar-refractivity contribution in [3.05, 3.63) is 60.2 Å². The van der Waals surface area contributed by atoms with E-state index in [0.29, 0.717) is 24.2 Å². The summed E-state index contributed by atoms with van der Waals surface area (Å²) in [6, 6.07) is 14.7. The second kappa shape index (κ2) is 7.41. The molecule has 2 N–H and O–H groups in total. The third-order valence-corrected chi connectivity index (χ3v) is 5.40. The van der Waals surface area contributed by atoms with Crippen molar-refractivity contribution in [2.45, 2.75) is 62.7 Å². The van der Waals surface area contributed by atoms with Gasteiger partial charge in [0.05, 0.1) is 0 Å². The van der Waals surface area contributed by atoms with Gasteiger partial charge in [0.2, 0.25) is 0 Å². The van der Waals surface area contributed by atoms with Crippen LogP contribution in [0.15, 0.2) is 48.8 Å². The lowest BCUT2D eigenvalue weighted by Crippen LogP contribution is -2.46. The zero-order chi connectivity index (χ0) is 16.2. The molecule has 24 heavy (non-hydrogen) atoms. The summed E-state index contributed by atoms with van der Waals surface area (Å²) in [6.45, 7) is 0. The third kappa shape index (κ3) is 3.82. The van der Waals surface area contributed by atoms with Crippen LogP contribution in [0.4, 0.5) is 0 Å². The highest BCUT2D eigenvalue weighted by Crippen LogP contribution is 2.25. The topological polar surface area (TPSA) is 49.8 Å². The van der Waals surface area contributed by atoms with E-state index in [1.165, 1.54) is 37.1 Å². The number of rotatable bonds is 5. The normalized spacial score (nSPS) is 29.8. The second-order valence-corrected chi connectivity index (χ2v) is 7.15. The van der Waals surface area contributed by atoms with Gasteiger partial charge in [-0.15, -0.1) is 0 Å². The molecule has 0 amide bonds. The summed E-state index contributed by atoms with van der Waals surface area (Å²) in [7, 11) is 0. The molecular weight excluding hydrogens is 296 g/mol. The quantitative estimate of drug-likeness (QED) is 0.888. The summed E-state index contributed by atoms with van der Waals surface area (Å²) in [6.07, 6.45) is 10.9. The largest absolute Gasteiger partial charge is 0.309 e. The summed E-state index contributed by atoms with van der Waals surface area (Å²) < 4.78 is 0. The maximum atomic E-state index is 4.46. The fraction of sp³-hybridized carbons (Fsp3) is 0.500. The zero-order valence-electron chi connectivity index (χ0n) is 14.1. The molecule has 0 aliphatic carbocycles. The van der Waals surface area contributed by atoms with Gasteiger partial charge in [-0.1, -0.05) is 12.1 Å². The molecule has 4 heteroatoms. The molecule has 4 rings (SSSR count). The van der Waals surface area contributed by atoms with Gasteiger partial charge < -0.3 is 10.6 Å². The van der Waals surface area contributed by atoms with Crippen LogP contribution < -0.4 is 10.6 Å². The minimum absolute atomic E-state index is 0.571. The summed E-state index contributed by atoms with van der Waals surface area (Å²) >= 11 is 0. The van der Waals surface area contributed by atoms with Gasteiger partial charge in [0.15, 0.2) is 0 Å². The van der Waals surface area contributed by atoms with Gasteiger partial charge in [0, 0.05) is 60.8 Å². The SMILES string of the molecule is c1ccc(CC2CC[C@@H]([C@@H]3CCC(Cc4ccccn4)N3)N2)nc1. The first-order chi connectivity index (χ1) is 11.9. The Balaban J connectivity index is 1.27. The van der Waals surface area contributed by atoms with Crippen LogP contribution in [0.5, 0.6) is 0 Å². The van der Waals surface area contributed by atoms with Crippen molar-refractivity contribution in [3.8, 4) is 0 Å². The van der Waals surface area contributed by atoms with E-state index in [-0.39, 0.29) is 0 Å². The summed E-state index contributed by atoms with van der Waals surface area (Å²) in [5, 5.41) is 7.70. The number of aromatic nitrogens is 2. The van der Waals surface area contributed by atoms with E-state index in [0.717, 1.165) is 12.8 Å². The van der Waals surface area contributed by atoms with Gasteiger partial charge in [-0.05, 0) is 49.9 Å². The van der Waals surface area contributed by atoms with Crippen molar-refractivity contribution in [1.29, 1.82) is 0 Å². The molecule has 0 saturated carbocycles. The monoisotopic (exact) mass is 322 g/mol. The van der Waals surface area contributed by atoms with E-state index < -0.39 is 0 Å². The van der Waals surface area contributed by atoms with E-state index in [2.05, 4.69) is 44.9 Å². The minimum atomic E-state index is 0.571. The molecule has 2 aliphatic rings. The number of hydrogen-bond acceptors (Lipinski definition) is 4. The maximum absolute atomic E-state index is 4.46. The number of nitrogens with one attached hydrogen (secondary N) is 2. The zero-order valence-corrected chi connectivity index (χ0v) is 14.1. The highest BCUT2D eigenvalue weighted by molar-refractivity contribution is 5.09.